The number of nitrogens with one attached hydrogen (secondary N) is 2. The van der Waals surface area contributed by atoms with Crippen LogP contribution in [0.5, 0.6) is 5.75 Å². The molecule has 2 saturated carbocycles. The van der Waals surface area contributed by atoms with Crippen LogP contribution in [0.4, 0.5) is 26.3 Å². The molecule has 2 aliphatic carbocycles. The van der Waals surface area contributed by atoms with Gasteiger partial charge in [-0.2, -0.15) is 31.4 Å². The number of hydrogen-bond acceptors (Lipinski definition) is 6. The maximum Gasteiger partial charge on any atom is 0.416 e. The van der Waals surface area contributed by atoms with Crippen molar-refractivity contribution in [2.75, 3.05) is 6.61 Å². The molecule has 2 N–H and O–H groups in total. The number of alkyl halides is 6. The number of aromatic nitrogens is 2. The summed E-state index contributed by atoms with van der Waals surface area (Å²) in [7, 11) is -4.13. The van der Waals surface area contributed by atoms with E-state index in [1.165, 1.54) is 29.1 Å². The van der Waals surface area contributed by atoms with Crippen molar-refractivity contribution in [2.24, 2.45) is 5.92 Å². The van der Waals surface area contributed by atoms with Crippen molar-refractivity contribution in [1.82, 2.24) is 19.8 Å². The van der Waals surface area contributed by atoms with Crippen LogP contribution in [0, 0.1) is 5.92 Å². The molecule has 1 unspecified atom stereocenters. The van der Waals surface area contributed by atoms with Gasteiger partial charge in [0.25, 0.3) is 11.8 Å². The van der Waals surface area contributed by atoms with Gasteiger partial charge in [-0.3, -0.25) is 14.3 Å². The molecule has 1 aromatic heterocycles. The zero-order valence-corrected chi connectivity index (χ0v) is 24.8. The molecule has 2 heterocycles. The third kappa shape index (κ3) is 7.82. The number of ether oxygens (including phenoxy) is 1. The van der Waals surface area contributed by atoms with E-state index in [4.69, 9.17) is 4.74 Å². The Morgan fingerprint density at radius 2 is 1.71 bits per heavy atom. The molecule has 3 aliphatic rings. The first kappa shape index (κ1) is 32.8. The molecule has 9 nitrogen and oxygen atoms in total. The quantitative estimate of drug-likeness (QED) is 0.174. The fourth-order valence-corrected chi connectivity index (χ4v) is 6.50. The average Bonchev–Trinajstić information content (AvgIpc) is 3.87. The van der Waals surface area contributed by atoms with Crippen molar-refractivity contribution in [3.8, 4) is 5.75 Å². The second-order valence-electron chi connectivity index (χ2n) is 11.7. The Bertz CT molecular complexity index is 1560. The van der Waals surface area contributed by atoms with Gasteiger partial charge in [0.05, 0.1) is 17.6 Å². The van der Waals surface area contributed by atoms with Crippen molar-refractivity contribution >= 4 is 27.4 Å². The second kappa shape index (κ2) is 12.3. The smallest absolute Gasteiger partial charge is 0.416 e. The summed E-state index contributed by atoms with van der Waals surface area (Å²) in [6.07, 6.45) is -6.56. The van der Waals surface area contributed by atoms with Crippen molar-refractivity contribution < 1.29 is 49.1 Å². The highest BCUT2D eigenvalue weighted by Gasteiger charge is 2.60. The second-order valence-corrected chi connectivity index (χ2v) is 13.7. The Kier molecular flexibility index (Phi) is 8.99. The van der Waals surface area contributed by atoms with Crippen molar-refractivity contribution in [2.45, 2.75) is 87.5 Å². The average molecular weight is 663 g/mol. The summed E-state index contributed by atoms with van der Waals surface area (Å²) in [6.45, 7) is 0.558. The number of amides is 2. The number of unbranched alkanes of at least 4 members (excludes halogenated alkanes) is 2. The Balaban J connectivity index is 1.42. The van der Waals surface area contributed by atoms with Crippen LogP contribution < -0.4 is 14.8 Å². The van der Waals surface area contributed by atoms with Gasteiger partial charge in [0.15, 0.2) is 5.54 Å². The molecule has 2 aromatic rings. The highest BCUT2D eigenvalue weighted by Crippen LogP contribution is 2.48. The molecule has 246 valence electrons. The topological polar surface area (TPSA) is 119 Å². The maximum atomic E-state index is 15.0. The van der Waals surface area contributed by atoms with Crippen LogP contribution in [-0.4, -0.2) is 54.2 Å². The van der Waals surface area contributed by atoms with E-state index in [0.29, 0.717) is 31.7 Å². The molecule has 0 radical (unpaired) electrons. The summed E-state index contributed by atoms with van der Waals surface area (Å²) in [6, 6.07) is 6.12. The first-order chi connectivity index (χ1) is 21.1. The predicted octanol–water partition coefficient (Wildman–Crippen LogP) is 5.13. The third-order valence-electron chi connectivity index (χ3n) is 8.02. The molecule has 1 aliphatic heterocycles. The van der Waals surface area contributed by atoms with Gasteiger partial charge in [-0.05, 0) is 74.6 Å². The highest BCUT2D eigenvalue weighted by atomic mass is 32.2. The largest absolute Gasteiger partial charge is 0.494 e. The summed E-state index contributed by atoms with van der Waals surface area (Å²) in [4.78, 5) is 26.6. The van der Waals surface area contributed by atoms with Crippen LogP contribution >= 0.6 is 0 Å². The van der Waals surface area contributed by atoms with Gasteiger partial charge in [-0.25, -0.2) is 13.1 Å². The molecule has 2 amide bonds. The minimum atomic E-state index is -5.08. The van der Waals surface area contributed by atoms with Crippen LogP contribution in [-0.2, 0) is 31.7 Å². The molecule has 16 heteroatoms. The van der Waals surface area contributed by atoms with E-state index in [1.807, 2.05) is 10.0 Å². The van der Waals surface area contributed by atoms with Crippen LogP contribution in [0.2, 0.25) is 0 Å². The fraction of sp³-hybridized carbons (Fsp3) is 0.552. The molecular weight excluding hydrogens is 630 g/mol. The summed E-state index contributed by atoms with van der Waals surface area (Å²) in [5.74, 6) is -2.20. The summed E-state index contributed by atoms with van der Waals surface area (Å²) >= 11 is 0. The lowest BCUT2D eigenvalue weighted by Crippen LogP contribution is -2.60. The fourth-order valence-electron chi connectivity index (χ4n) is 5.22. The zero-order valence-electron chi connectivity index (χ0n) is 24.0. The van der Waals surface area contributed by atoms with Gasteiger partial charge < -0.3 is 10.1 Å². The molecule has 5 rings (SSSR count). The van der Waals surface area contributed by atoms with Gasteiger partial charge >= 0.3 is 12.4 Å². The zero-order chi connectivity index (χ0) is 32.6. The van der Waals surface area contributed by atoms with E-state index in [2.05, 4.69) is 5.10 Å². The van der Waals surface area contributed by atoms with Gasteiger partial charge in [0.2, 0.25) is 10.0 Å². The van der Waals surface area contributed by atoms with Gasteiger partial charge in [-0.15, -0.1) is 0 Å². The number of carbonyl (C=O) groups is 2. The van der Waals surface area contributed by atoms with Gasteiger partial charge in [-0.1, -0.05) is 12.1 Å². The predicted molar refractivity (Wildman–Crippen MR) is 149 cm³/mol. The number of carbonyl (C=O) groups excluding carboxylic acids is 2. The number of nitrogens with zero attached hydrogens (tertiary/aromatic N) is 2. The van der Waals surface area contributed by atoms with Crippen LogP contribution in [0.1, 0.15) is 69.0 Å². The first-order valence-electron chi connectivity index (χ1n) is 14.6. The Morgan fingerprint density at radius 1 is 1.02 bits per heavy atom. The molecule has 2 fully saturated rings. The molecule has 0 bridgehead atoms. The van der Waals surface area contributed by atoms with Crippen molar-refractivity contribution in [1.29, 1.82) is 0 Å². The number of hydrogen-bond donors (Lipinski definition) is 2. The van der Waals surface area contributed by atoms with E-state index >= 15 is 0 Å². The number of sulfonamides is 1. The molecule has 0 saturated heterocycles. The van der Waals surface area contributed by atoms with Crippen LogP contribution in [0.15, 0.2) is 42.1 Å². The van der Waals surface area contributed by atoms with Gasteiger partial charge in [0.1, 0.15) is 11.3 Å². The van der Waals surface area contributed by atoms with Crippen molar-refractivity contribution in [3.63, 3.8) is 0 Å². The maximum absolute atomic E-state index is 15.0. The van der Waals surface area contributed by atoms with E-state index < -0.39 is 63.4 Å². The summed E-state index contributed by atoms with van der Waals surface area (Å²) in [5.41, 5.74) is -4.55. The Hall–Kier alpha value is -3.56. The normalized spacial score (nSPS) is 21.1. The Labute approximate surface area is 255 Å². The number of benzene rings is 1. The molecule has 45 heavy (non-hydrogen) atoms. The van der Waals surface area contributed by atoms with Crippen LogP contribution in [0.25, 0.3) is 5.57 Å². The van der Waals surface area contributed by atoms with Crippen LogP contribution in [0.3, 0.4) is 0 Å². The van der Waals surface area contributed by atoms with Crippen molar-refractivity contribution in [3.05, 3.63) is 53.4 Å². The Morgan fingerprint density at radius 3 is 2.31 bits per heavy atom. The molecule has 1 atom stereocenters. The number of halogens is 6. The molecular formula is C29H32F6N4O5S. The third-order valence-corrected chi connectivity index (χ3v) is 9.84. The lowest BCUT2D eigenvalue weighted by Gasteiger charge is -2.41. The SMILES string of the molecule is O=C1NC(c2ccc(OCCCCCC(F)(F)F)cc2)(C(F)(F)F)CC(c2ccn(CC3CC3)n2)=C1C(=O)NS(=O)(=O)C1CC1. The first-order valence-corrected chi connectivity index (χ1v) is 16.1. The minimum Gasteiger partial charge on any atom is -0.494 e. The minimum absolute atomic E-state index is 0.0526. The summed E-state index contributed by atoms with van der Waals surface area (Å²) < 4.78 is 116. The standard InChI is InChI=1S/C29H32F6N4O5S/c30-28(31,32)13-2-1-3-15-44-20-8-6-19(7-9-20)27(29(33,34)35)16-22(23-12-14-39(37-23)17-18-4-5-18)24(25(40)36-27)26(41)38-45(42,43)21-10-11-21/h6-9,12,14,18,21H,1-5,10-11,13,15-17H2,(H,36,40)(H,38,41). The lowest BCUT2D eigenvalue weighted by molar-refractivity contribution is -0.202. The molecule has 1 aromatic carbocycles. The van der Waals surface area contributed by atoms with E-state index in [1.54, 1.807) is 0 Å². The van der Waals surface area contributed by atoms with E-state index in [0.717, 1.165) is 25.0 Å². The highest BCUT2D eigenvalue weighted by molar-refractivity contribution is 7.91. The summed E-state index contributed by atoms with van der Waals surface area (Å²) in [5, 5.41) is 5.48. The van der Waals surface area contributed by atoms with Gasteiger partial charge in [0, 0.05) is 31.2 Å². The number of rotatable bonds is 13. The molecule has 0 spiro atoms. The lowest BCUT2D eigenvalue weighted by atomic mass is 9.77. The monoisotopic (exact) mass is 662 g/mol. The van der Waals surface area contributed by atoms with E-state index in [-0.39, 0.29) is 42.0 Å². The van der Waals surface area contributed by atoms with E-state index in [9.17, 15) is 44.3 Å².